The molecular weight excluding hydrogens is 332 g/mol. The number of nitrogens with one attached hydrogen (secondary N) is 1. The van der Waals surface area contributed by atoms with Crippen molar-refractivity contribution in [3.8, 4) is 5.88 Å². The van der Waals surface area contributed by atoms with Crippen LogP contribution < -0.4 is 10.1 Å². The lowest BCUT2D eigenvalue weighted by molar-refractivity contribution is -0.0217. The number of hydrogen-bond donors (Lipinski definition) is 1. The van der Waals surface area contributed by atoms with Crippen LogP contribution in [0.1, 0.15) is 40.5 Å². The van der Waals surface area contributed by atoms with Gasteiger partial charge in [0.15, 0.2) is 5.15 Å². The number of alkyl carbamates (subject to hydrolysis) is 1. The molecule has 0 spiro atoms. The summed E-state index contributed by atoms with van der Waals surface area (Å²) in [5.74, 6) is 0.443. The van der Waals surface area contributed by atoms with Gasteiger partial charge in [-0.2, -0.15) is 10.1 Å². The summed E-state index contributed by atoms with van der Waals surface area (Å²) >= 11 is 6.00. The van der Waals surface area contributed by atoms with Gasteiger partial charge in [-0.05, 0) is 33.8 Å². The van der Waals surface area contributed by atoms with Crippen molar-refractivity contribution in [3.05, 3.63) is 23.6 Å². The second-order valence-corrected chi connectivity index (χ2v) is 7.72. The fourth-order valence-electron chi connectivity index (χ4n) is 2.82. The minimum absolute atomic E-state index is 0.0185. The molecule has 2 heterocycles. The molecule has 0 atom stereocenters. The summed E-state index contributed by atoms with van der Waals surface area (Å²) in [6.45, 7) is 7.49. The number of fused-ring (bicyclic) bond motifs is 1. The predicted molar refractivity (Wildman–Crippen MR) is 89.4 cm³/mol. The number of aromatic nitrogens is 3. The molecule has 1 saturated carbocycles. The van der Waals surface area contributed by atoms with Crippen LogP contribution in [0.2, 0.25) is 5.15 Å². The predicted octanol–water partition coefficient (Wildman–Crippen LogP) is 3.21. The normalized spacial score (nSPS) is 23.6. The van der Waals surface area contributed by atoms with Crippen molar-refractivity contribution in [2.24, 2.45) is 0 Å². The van der Waals surface area contributed by atoms with Gasteiger partial charge in [-0.25, -0.2) is 9.31 Å². The van der Waals surface area contributed by atoms with Gasteiger partial charge in [0.2, 0.25) is 5.88 Å². The second kappa shape index (κ2) is 5.81. The summed E-state index contributed by atoms with van der Waals surface area (Å²) < 4.78 is 12.9. The molecule has 8 heteroatoms. The fourth-order valence-corrected chi connectivity index (χ4v) is 2.99. The van der Waals surface area contributed by atoms with Gasteiger partial charge in [0.1, 0.15) is 16.7 Å². The minimum atomic E-state index is -0.508. The zero-order chi connectivity index (χ0) is 17.5. The molecule has 0 saturated heterocycles. The largest absolute Gasteiger partial charge is 0.470 e. The van der Waals surface area contributed by atoms with Gasteiger partial charge in [0.25, 0.3) is 0 Å². The van der Waals surface area contributed by atoms with Crippen molar-refractivity contribution in [3.63, 3.8) is 0 Å². The van der Waals surface area contributed by atoms with Crippen LogP contribution >= 0.6 is 11.6 Å². The number of carbonyl (C=O) groups excluding carboxylic acids is 1. The molecule has 1 aliphatic rings. The van der Waals surface area contributed by atoms with Gasteiger partial charge in [-0.3, -0.25) is 0 Å². The Morgan fingerprint density at radius 3 is 2.83 bits per heavy atom. The van der Waals surface area contributed by atoms with Crippen LogP contribution in [0.15, 0.2) is 18.5 Å². The Balaban J connectivity index is 1.61. The Hall–Kier alpha value is -2.02. The molecule has 24 heavy (non-hydrogen) atoms. The highest BCUT2D eigenvalue weighted by molar-refractivity contribution is 6.29. The van der Waals surface area contributed by atoms with Crippen LogP contribution in [0.25, 0.3) is 5.52 Å². The van der Waals surface area contributed by atoms with Crippen LogP contribution in [0.4, 0.5) is 4.79 Å². The zero-order valence-electron chi connectivity index (χ0n) is 14.2. The van der Waals surface area contributed by atoms with Crippen LogP contribution in [-0.4, -0.2) is 37.9 Å². The van der Waals surface area contributed by atoms with Crippen LogP contribution in [0.3, 0.4) is 0 Å². The van der Waals surface area contributed by atoms with E-state index in [2.05, 4.69) is 15.4 Å². The molecule has 0 unspecified atom stereocenters. The first kappa shape index (κ1) is 16.8. The first-order valence-corrected chi connectivity index (χ1v) is 8.20. The van der Waals surface area contributed by atoms with Crippen molar-refractivity contribution < 1.29 is 14.3 Å². The lowest BCUT2D eigenvalue weighted by Gasteiger charge is -2.44. The third kappa shape index (κ3) is 3.72. The molecule has 1 fully saturated rings. The molecular formula is C16H21ClN4O3. The molecule has 0 aliphatic heterocycles. The van der Waals surface area contributed by atoms with Gasteiger partial charge < -0.3 is 14.8 Å². The fraction of sp³-hybridized carbons (Fsp3) is 0.562. The molecule has 2 aromatic rings. The maximum atomic E-state index is 11.8. The standard InChI is InChI=1S/C16H21ClN4O3/c1-15(2,3)24-14(22)19-10-7-16(4,8-10)23-13-11-5-6-18-21(11)9-12(17)20-13/h5-6,9-10H,7-8H2,1-4H3,(H,19,22). The van der Waals surface area contributed by atoms with Gasteiger partial charge in [-0.15, -0.1) is 0 Å². The lowest BCUT2D eigenvalue weighted by Crippen LogP contribution is -2.57. The highest BCUT2D eigenvalue weighted by atomic mass is 35.5. The monoisotopic (exact) mass is 352 g/mol. The first-order valence-electron chi connectivity index (χ1n) is 7.82. The molecule has 0 bridgehead atoms. The van der Waals surface area contributed by atoms with Crippen molar-refractivity contribution in [1.29, 1.82) is 0 Å². The molecule has 0 aromatic carbocycles. The van der Waals surface area contributed by atoms with Crippen molar-refractivity contribution in [2.45, 2.75) is 57.8 Å². The lowest BCUT2D eigenvalue weighted by atomic mass is 9.77. The average molecular weight is 353 g/mol. The summed E-state index contributed by atoms with van der Waals surface area (Å²) in [4.78, 5) is 16.0. The SMILES string of the molecule is CC(C)(C)OC(=O)NC1CC(C)(Oc2nc(Cl)cn3nccc23)C1. The van der Waals surface area contributed by atoms with E-state index in [9.17, 15) is 4.79 Å². The zero-order valence-corrected chi connectivity index (χ0v) is 14.9. The molecule has 0 radical (unpaired) electrons. The van der Waals surface area contributed by atoms with Crippen LogP contribution in [0, 0.1) is 0 Å². The topological polar surface area (TPSA) is 77.8 Å². The van der Waals surface area contributed by atoms with E-state index in [-0.39, 0.29) is 6.04 Å². The molecule has 130 valence electrons. The van der Waals surface area contributed by atoms with E-state index in [0.29, 0.717) is 23.9 Å². The number of nitrogens with zero attached hydrogens (tertiary/aromatic N) is 3. The first-order chi connectivity index (χ1) is 11.1. The third-order valence-corrected chi connectivity index (χ3v) is 3.93. The minimum Gasteiger partial charge on any atom is -0.470 e. The van der Waals surface area contributed by atoms with E-state index in [1.165, 1.54) is 0 Å². The number of hydrogen-bond acceptors (Lipinski definition) is 5. The van der Waals surface area contributed by atoms with Crippen molar-refractivity contribution in [1.82, 2.24) is 19.9 Å². The quantitative estimate of drug-likeness (QED) is 0.917. The molecule has 2 aromatic heterocycles. The number of amides is 1. The van der Waals surface area contributed by atoms with E-state index in [1.54, 1.807) is 16.9 Å². The summed E-state index contributed by atoms with van der Waals surface area (Å²) in [6, 6.07) is 1.84. The highest BCUT2D eigenvalue weighted by Crippen LogP contribution is 2.37. The van der Waals surface area contributed by atoms with Gasteiger partial charge >= 0.3 is 6.09 Å². The van der Waals surface area contributed by atoms with E-state index in [0.717, 1.165) is 5.52 Å². The smallest absolute Gasteiger partial charge is 0.407 e. The number of carbonyl (C=O) groups is 1. The number of rotatable bonds is 3. The maximum Gasteiger partial charge on any atom is 0.407 e. The average Bonchev–Trinajstić information content (AvgIpc) is 2.82. The van der Waals surface area contributed by atoms with E-state index in [1.807, 2.05) is 33.8 Å². The third-order valence-electron chi connectivity index (χ3n) is 3.75. The molecule has 1 amide bonds. The van der Waals surface area contributed by atoms with Crippen LogP contribution in [-0.2, 0) is 4.74 Å². The van der Waals surface area contributed by atoms with Crippen LogP contribution in [0.5, 0.6) is 5.88 Å². The molecule has 3 rings (SSSR count). The summed E-state index contributed by atoms with van der Waals surface area (Å²) in [7, 11) is 0. The maximum absolute atomic E-state index is 11.8. The summed E-state index contributed by atoms with van der Waals surface area (Å²) in [5.41, 5.74) is -0.169. The van der Waals surface area contributed by atoms with Gasteiger partial charge in [-0.1, -0.05) is 11.6 Å². The summed E-state index contributed by atoms with van der Waals surface area (Å²) in [6.07, 6.45) is 4.21. The Bertz CT molecular complexity index is 762. The highest BCUT2D eigenvalue weighted by Gasteiger charge is 2.44. The Labute approximate surface area is 145 Å². The van der Waals surface area contributed by atoms with Gasteiger partial charge in [0, 0.05) is 18.9 Å². The molecule has 7 nitrogen and oxygen atoms in total. The molecule has 1 N–H and O–H groups in total. The van der Waals surface area contributed by atoms with E-state index >= 15 is 0 Å². The number of halogens is 1. The Morgan fingerprint density at radius 2 is 2.17 bits per heavy atom. The van der Waals surface area contributed by atoms with Crippen molar-refractivity contribution >= 4 is 23.2 Å². The number of ether oxygens (including phenoxy) is 2. The molecule has 1 aliphatic carbocycles. The second-order valence-electron chi connectivity index (χ2n) is 7.33. The van der Waals surface area contributed by atoms with Crippen molar-refractivity contribution in [2.75, 3.05) is 0 Å². The van der Waals surface area contributed by atoms with Gasteiger partial charge in [0.05, 0.1) is 12.4 Å². The van der Waals surface area contributed by atoms with E-state index < -0.39 is 17.3 Å². The summed E-state index contributed by atoms with van der Waals surface area (Å²) in [5, 5.41) is 7.31. The Morgan fingerprint density at radius 1 is 1.46 bits per heavy atom. The Kier molecular flexibility index (Phi) is 4.07. The van der Waals surface area contributed by atoms with E-state index in [4.69, 9.17) is 21.1 Å².